The molecule has 130 valence electrons. The second-order valence-electron chi connectivity index (χ2n) is 6.63. The highest BCUT2D eigenvalue weighted by Gasteiger charge is 2.32. The Labute approximate surface area is 145 Å². The summed E-state index contributed by atoms with van der Waals surface area (Å²) < 4.78 is 5.89. The fourth-order valence-corrected chi connectivity index (χ4v) is 2.51. The summed E-state index contributed by atoms with van der Waals surface area (Å²) in [5, 5.41) is 3.02. The lowest BCUT2D eigenvalue weighted by Gasteiger charge is -2.21. The molecule has 4 nitrogen and oxygen atoms in total. The van der Waals surface area contributed by atoms with Crippen molar-refractivity contribution in [1.82, 2.24) is 5.32 Å². The van der Waals surface area contributed by atoms with E-state index in [4.69, 9.17) is 10.5 Å². The van der Waals surface area contributed by atoms with E-state index in [1.54, 1.807) is 6.92 Å². The van der Waals surface area contributed by atoms with Crippen LogP contribution >= 0.6 is 12.4 Å². The van der Waals surface area contributed by atoms with Crippen LogP contribution in [0.2, 0.25) is 0 Å². The molecule has 1 aliphatic rings. The minimum absolute atomic E-state index is 0. The van der Waals surface area contributed by atoms with Crippen LogP contribution < -0.4 is 15.8 Å². The van der Waals surface area contributed by atoms with E-state index in [9.17, 15) is 4.79 Å². The summed E-state index contributed by atoms with van der Waals surface area (Å²) in [7, 11) is 0. The molecule has 0 heterocycles. The predicted molar refractivity (Wildman–Crippen MR) is 96.3 cm³/mol. The van der Waals surface area contributed by atoms with Gasteiger partial charge < -0.3 is 15.8 Å². The van der Waals surface area contributed by atoms with Crippen molar-refractivity contribution in [2.75, 3.05) is 6.54 Å². The summed E-state index contributed by atoms with van der Waals surface area (Å²) >= 11 is 0. The van der Waals surface area contributed by atoms with Crippen LogP contribution in [0.1, 0.15) is 50.7 Å². The van der Waals surface area contributed by atoms with Crippen LogP contribution in [0.3, 0.4) is 0 Å². The average Bonchev–Trinajstić information content (AvgIpc) is 3.31. The normalized spacial score (nSPS) is 16.4. The van der Waals surface area contributed by atoms with E-state index in [0.717, 1.165) is 24.2 Å². The van der Waals surface area contributed by atoms with E-state index in [-0.39, 0.29) is 24.4 Å². The first kappa shape index (κ1) is 19.8. The average molecular weight is 341 g/mol. The second kappa shape index (κ2) is 8.55. The molecule has 1 amide bonds. The molecule has 0 spiro atoms. The van der Waals surface area contributed by atoms with E-state index in [2.05, 4.69) is 25.2 Å². The van der Waals surface area contributed by atoms with Gasteiger partial charge in [0.15, 0.2) is 6.10 Å². The molecule has 2 atom stereocenters. The van der Waals surface area contributed by atoms with Crippen molar-refractivity contribution in [3.05, 3.63) is 29.3 Å². The highest BCUT2D eigenvalue weighted by Crippen LogP contribution is 2.32. The molecule has 0 radical (unpaired) electrons. The summed E-state index contributed by atoms with van der Waals surface area (Å²) in [5.41, 5.74) is 7.99. The number of rotatable bonds is 7. The highest BCUT2D eigenvalue weighted by molar-refractivity contribution is 5.85. The van der Waals surface area contributed by atoms with Gasteiger partial charge in [-0.3, -0.25) is 4.79 Å². The molecule has 1 aromatic rings. The van der Waals surface area contributed by atoms with Gasteiger partial charge in [0.05, 0.1) is 0 Å². The maximum Gasteiger partial charge on any atom is 0.261 e. The summed E-state index contributed by atoms with van der Waals surface area (Å²) in [5.74, 6) is 1.68. The number of aryl methyl sites for hydroxylation is 1. The number of halogens is 1. The molecular weight excluding hydrogens is 312 g/mol. The number of amides is 1. The lowest BCUT2D eigenvalue weighted by atomic mass is 10.0. The standard InChI is InChI=1S/C18H28N2O2.ClH/c1-11(2)15-6-5-12(3)17(9-15)22-13(4)18(21)20-16(10-19)14-7-8-14;/h5-6,9,11,13-14,16H,7-8,10,19H2,1-4H3,(H,20,21);1H. The molecule has 23 heavy (non-hydrogen) atoms. The number of nitrogens with one attached hydrogen (secondary N) is 1. The monoisotopic (exact) mass is 340 g/mol. The third kappa shape index (κ3) is 5.40. The Balaban J connectivity index is 0.00000264. The molecule has 1 fully saturated rings. The van der Waals surface area contributed by atoms with Crippen LogP contribution in [0, 0.1) is 12.8 Å². The number of benzene rings is 1. The topological polar surface area (TPSA) is 64.3 Å². The van der Waals surface area contributed by atoms with Gasteiger partial charge in [-0.15, -0.1) is 12.4 Å². The first-order chi connectivity index (χ1) is 10.4. The summed E-state index contributed by atoms with van der Waals surface area (Å²) in [6.45, 7) is 8.57. The number of nitrogens with two attached hydrogens (primary N) is 1. The third-order valence-corrected chi connectivity index (χ3v) is 4.32. The Morgan fingerprint density at radius 3 is 2.52 bits per heavy atom. The summed E-state index contributed by atoms with van der Waals surface area (Å²) in [6, 6.07) is 6.27. The first-order valence-electron chi connectivity index (χ1n) is 8.20. The SMILES string of the molecule is Cc1ccc(C(C)C)cc1OC(C)C(=O)NC(CN)C1CC1.Cl. The van der Waals surface area contributed by atoms with Crippen LogP contribution in [-0.2, 0) is 4.79 Å². The van der Waals surface area contributed by atoms with Gasteiger partial charge in [-0.2, -0.15) is 0 Å². The van der Waals surface area contributed by atoms with Gasteiger partial charge in [-0.05, 0) is 55.7 Å². The molecule has 0 bridgehead atoms. The van der Waals surface area contributed by atoms with E-state index in [1.165, 1.54) is 5.56 Å². The second-order valence-corrected chi connectivity index (χ2v) is 6.63. The van der Waals surface area contributed by atoms with Gasteiger partial charge in [0, 0.05) is 12.6 Å². The molecule has 2 unspecified atom stereocenters. The van der Waals surface area contributed by atoms with Crippen molar-refractivity contribution in [1.29, 1.82) is 0 Å². The fourth-order valence-electron chi connectivity index (χ4n) is 2.51. The van der Waals surface area contributed by atoms with Crippen molar-refractivity contribution in [3.63, 3.8) is 0 Å². The third-order valence-electron chi connectivity index (χ3n) is 4.32. The Morgan fingerprint density at radius 1 is 1.35 bits per heavy atom. The molecule has 0 aliphatic heterocycles. The zero-order valence-electron chi connectivity index (χ0n) is 14.5. The van der Waals surface area contributed by atoms with E-state index >= 15 is 0 Å². The van der Waals surface area contributed by atoms with E-state index in [0.29, 0.717) is 18.4 Å². The minimum atomic E-state index is -0.520. The number of carbonyl (C=O) groups excluding carboxylic acids is 1. The van der Waals surface area contributed by atoms with Gasteiger partial charge in [0.1, 0.15) is 5.75 Å². The van der Waals surface area contributed by atoms with Gasteiger partial charge in [0.2, 0.25) is 0 Å². The fraction of sp³-hybridized carbons (Fsp3) is 0.611. The largest absolute Gasteiger partial charge is 0.481 e. The van der Waals surface area contributed by atoms with Crippen molar-refractivity contribution >= 4 is 18.3 Å². The first-order valence-corrected chi connectivity index (χ1v) is 8.20. The van der Waals surface area contributed by atoms with Crippen LogP contribution in [0.25, 0.3) is 0 Å². The van der Waals surface area contributed by atoms with Gasteiger partial charge in [0.25, 0.3) is 5.91 Å². The molecule has 3 N–H and O–H groups in total. The molecule has 0 saturated heterocycles. The van der Waals surface area contributed by atoms with Crippen LogP contribution in [0.15, 0.2) is 18.2 Å². The molecule has 1 saturated carbocycles. The lowest BCUT2D eigenvalue weighted by Crippen LogP contribution is -2.46. The minimum Gasteiger partial charge on any atom is -0.481 e. The Bertz CT molecular complexity index is 530. The lowest BCUT2D eigenvalue weighted by molar-refractivity contribution is -0.128. The van der Waals surface area contributed by atoms with E-state index < -0.39 is 6.10 Å². The van der Waals surface area contributed by atoms with Crippen molar-refractivity contribution in [2.24, 2.45) is 11.7 Å². The van der Waals surface area contributed by atoms with Crippen molar-refractivity contribution < 1.29 is 9.53 Å². The zero-order chi connectivity index (χ0) is 16.3. The smallest absolute Gasteiger partial charge is 0.261 e. The maximum atomic E-state index is 12.3. The molecule has 2 rings (SSSR count). The van der Waals surface area contributed by atoms with E-state index in [1.807, 2.05) is 19.1 Å². The number of hydrogen-bond acceptors (Lipinski definition) is 3. The Morgan fingerprint density at radius 2 is 2.00 bits per heavy atom. The number of ether oxygens (including phenoxy) is 1. The summed E-state index contributed by atoms with van der Waals surface area (Å²) in [6.07, 6.45) is 1.80. The molecule has 5 heteroatoms. The van der Waals surface area contributed by atoms with Crippen molar-refractivity contribution in [3.8, 4) is 5.75 Å². The predicted octanol–water partition coefficient (Wildman–Crippen LogP) is 3.16. The van der Waals surface area contributed by atoms with Gasteiger partial charge in [-0.1, -0.05) is 26.0 Å². The Kier molecular flexibility index (Phi) is 7.36. The van der Waals surface area contributed by atoms with Gasteiger partial charge in [-0.25, -0.2) is 0 Å². The summed E-state index contributed by atoms with van der Waals surface area (Å²) in [4.78, 5) is 12.3. The number of hydrogen-bond donors (Lipinski definition) is 2. The Hall–Kier alpha value is -1.26. The quantitative estimate of drug-likeness (QED) is 0.801. The van der Waals surface area contributed by atoms with Crippen molar-refractivity contribution in [2.45, 2.75) is 58.6 Å². The van der Waals surface area contributed by atoms with Crippen LogP contribution in [-0.4, -0.2) is 24.6 Å². The molecule has 1 aliphatic carbocycles. The van der Waals surface area contributed by atoms with Crippen LogP contribution in [0.4, 0.5) is 0 Å². The van der Waals surface area contributed by atoms with Gasteiger partial charge >= 0.3 is 0 Å². The highest BCUT2D eigenvalue weighted by atomic mass is 35.5. The molecular formula is C18H29ClN2O2. The zero-order valence-corrected chi connectivity index (χ0v) is 15.3. The molecule has 0 aromatic heterocycles. The number of carbonyl (C=O) groups is 1. The maximum absolute atomic E-state index is 12.3. The van der Waals surface area contributed by atoms with Crippen LogP contribution in [0.5, 0.6) is 5.75 Å². The molecule has 1 aromatic carbocycles.